The Hall–Kier alpha value is -0.920. The third-order valence-corrected chi connectivity index (χ3v) is 4.49. The van der Waals surface area contributed by atoms with Gasteiger partial charge in [0.2, 0.25) is 10.0 Å². The van der Waals surface area contributed by atoms with Gasteiger partial charge in [-0.25, -0.2) is 13.1 Å². The van der Waals surface area contributed by atoms with Gasteiger partial charge in [0.1, 0.15) is 4.90 Å². The predicted octanol–water partition coefficient (Wildman–Crippen LogP) is -0.333. The summed E-state index contributed by atoms with van der Waals surface area (Å²) in [5.74, 6) is 0. The molecule has 90 valence electrons. The molecule has 1 unspecified atom stereocenters. The fourth-order valence-corrected chi connectivity index (χ4v) is 3.61. The molecule has 0 spiro atoms. The molecule has 1 fully saturated rings. The zero-order valence-electron chi connectivity index (χ0n) is 9.37. The van der Waals surface area contributed by atoms with Crippen molar-refractivity contribution in [3.05, 3.63) is 11.4 Å². The van der Waals surface area contributed by atoms with Crippen molar-refractivity contribution in [3.63, 3.8) is 0 Å². The van der Waals surface area contributed by atoms with Crippen molar-refractivity contribution < 1.29 is 8.42 Å². The molecule has 2 heterocycles. The molecule has 0 saturated carbocycles. The molecule has 3 N–H and O–H groups in total. The Labute approximate surface area is 94.9 Å². The van der Waals surface area contributed by atoms with Gasteiger partial charge in [-0.3, -0.25) is 5.10 Å². The van der Waals surface area contributed by atoms with Crippen LogP contribution < -0.4 is 10.0 Å². The van der Waals surface area contributed by atoms with Crippen molar-refractivity contribution in [1.82, 2.24) is 20.2 Å². The number of sulfonamides is 1. The summed E-state index contributed by atoms with van der Waals surface area (Å²) in [5, 5.41) is 9.70. The number of aromatic amines is 1. The fourth-order valence-electron chi connectivity index (χ4n) is 1.97. The molecule has 0 radical (unpaired) electrons. The Balaban J connectivity index is 2.25. The number of nitrogens with zero attached hydrogens (tertiary/aromatic N) is 1. The third-order valence-electron chi connectivity index (χ3n) is 2.71. The van der Waals surface area contributed by atoms with Gasteiger partial charge < -0.3 is 5.32 Å². The van der Waals surface area contributed by atoms with Crippen molar-refractivity contribution >= 4 is 10.0 Å². The van der Waals surface area contributed by atoms with Gasteiger partial charge in [-0.2, -0.15) is 5.10 Å². The van der Waals surface area contributed by atoms with Gasteiger partial charge in [0, 0.05) is 12.6 Å². The third kappa shape index (κ3) is 2.11. The molecule has 0 aliphatic carbocycles. The van der Waals surface area contributed by atoms with Crippen LogP contribution in [0.3, 0.4) is 0 Å². The highest BCUT2D eigenvalue weighted by Crippen LogP contribution is 2.17. The van der Waals surface area contributed by atoms with Crippen LogP contribution in [0.25, 0.3) is 0 Å². The van der Waals surface area contributed by atoms with Crippen molar-refractivity contribution in [3.8, 4) is 0 Å². The Kier molecular flexibility index (Phi) is 3.00. The first-order valence-electron chi connectivity index (χ1n) is 5.25. The normalized spacial score (nSPS) is 21.5. The van der Waals surface area contributed by atoms with E-state index in [-0.39, 0.29) is 10.9 Å². The maximum atomic E-state index is 12.1. The van der Waals surface area contributed by atoms with E-state index in [1.165, 1.54) is 0 Å². The molecule has 1 aromatic rings. The van der Waals surface area contributed by atoms with Gasteiger partial charge in [0.05, 0.1) is 11.4 Å². The van der Waals surface area contributed by atoms with E-state index < -0.39 is 10.0 Å². The highest BCUT2D eigenvalue weighted by molar-refractivity contribution is 7.89. The molecule has 1 aliphatic rings. The zero-order chi connectivity index (χ0) is 11.8. The zero-order valence-corrected chi connectivity index (χ0v) is 10.2. The Bertz CT molecular complexity index is 454. The fraction of sp³-hybridized carbons (Fsp3) is 0.667. The lowest BCUT2D eigenvalue weighted by atomic mass is 10.3. The lowest BCUT2D eigenvalue weighted by molar-refractivity contribution is 0.559. The molecular weight excluding hydrogens is 228 g/mol. The number of hydrogen-bond donors (Lipinski definition) is 3. The van der Waals surface area contributed by atoms with Crippen LogP contribution in [0, 0.1) is 13.8 Å². The summed E-state index contributed by atoms with van der Waals surface area (Å²) in [6.45, 7) is 4.94. The highest BCUT2D eigenvalue weighted by atomic mass is 32.2. The summed E-state index contributed by atoms with van der Waals surface area (Å²) in [4.78, 5) is 0.277. The Morgan fingerprint density at radius 3 is 2.69 bits per heavy atom. The molecule has 7 heteroatoms. The lowest BCUT2D eigenvalue weighted by Gasteiger charge is -2.11. The number of hydrogen-bond acceptors (Lipinski definition) is 4. The Morgan fingerprint density at radius 1 is 1.44 bits per heavy atom. The highest BCUT2D eigenvalue weighted by Gasteiger charge is 2.26. The van der Waals surface area contributed by atoms with Crippen molar-refractivity contribution in [2.45, 2.75) is 31.2 Å². The van der Waals surface area contributed by atoms with E-state index in [0.717, 1.165) is 13.0 Å². The van der Waals surface area contributed by atoms with Crippen LogP contribution in [0.15, 0.2) is 4.90 Å². The van der Waals surface area contributed by atoms with Crippen LogP contribution in [-0.2, 0) is 10.0 Å². The molecule has 1 aliphatic heterocycles. The molecule has 1 aromatic heterocycles. The minimum absolute atomic E-state index is 0.0151. The Morgan fingerprint density at radius 2 is 2.19 bits per heavy atom. The molecule has 2 rings (SSSR count). The second-order valence-corrected chi connectivity index (χ2v) is 5.72. The van der Waals surface area contributed by atoms with Gasteiger partial charge in [0.15, 0.2) is 0 Å². The van der Waals surface area contributed by atoms with E-state index in [1.807, 2.05) is 0 Å². The van der Waals surface area contributed by atoms with E-state index in [1.54, 1.807) is 13.8 Å². The monoisotopic (exact) mass is 244 g/mol. The predicted molar refractivity (Wildman–Crippen MR) is 59.7 cm³/mol. The van der Waals surface area contributed by atoms with E-state index in [4.69, 9.17) is 0 Å². The van der Waals surface area contributed by atoms with Gasteiger partial charge >= 0.3 is 0 Å². The molecule has 1 saturated heterocycles. The van der Waals surface area contributed by atoms with Gasteiger partial charge in [-0.05, 0) is 26.8 Å². The van der Waals surface area contributed by atoms with Gasteiger partial charge in [0.25, 0.3) is 0 Å². The second-order valence-electron chi connectivity index (χ2n) is 4.07. The molecule has 0 amide bonds. The van der Waals surface area contributed by atoms with Crippen LogP contribution in [0.4, 0.5) is 0 Å². The number of aromatic nitrogens is 2. The number of rotatable bonds is 3. The van der Waals surface area contributed by atoms with E-state index >= 15 is 0 Å². The molecule has 6 nitrogen and oxygen atoms in total. The van der Waals surface area contributed by atoms with Crippen LogP contribution in [0.2, 0.25) is 0 Å². The van der Waals surface area contributed by atoms with E-state index in [0.29, 0.717) is 17.9 Å². The number of nitrogens with one attached hydrogen (secondary N) is 3. The average Bonchev–Trinajstić information content (AvgIpc) is 2.76. The maximum absolute atomic E-state index is 12.1. The smallest absolute Gasteiger partial charge is 0.244 e. The summed E-state index contributed by atoms with van der Waals surface area (Å²) in [6.07, 6.45) is 0.829. The van der Waals surface area contributed by atoms with Gasteiger partial charge in [-0.15, -0.1) is 0 Å². The summed E-state index contributed by atoms with van der Waals surface area (Å²) in [7, 11) is -3.45. The summed E-state index contributed by atoms with van der Waals surface area (Å²) in [6, 6.07) is -0.0151. The second kappa shape index (κ2) is 4.15. The molecule has 16 heavy (non-hydrogen) atoms. The van der Waals surface area contributed by atoms with Crippen LogP contribution in [0.5, 0.6) is 0 Å². The molecule has 0 aromatic carbocycles. The van der Waals surface area contributed by atoms with Crippen LogP contribution in [0.1, 0.15) is 17.8 Å². The first-order chi connectivity index (χ1) is 7.50. The van der Waals surface area contributed by atoms with Crippen molar-refractivity contribution in [2.24, 2.45) is 0 Å². The van der Waals surface area contributed by atoms with E-state index in [2.05, 4.69) is 20.2 Å². The molecule has 1 atom stereocenters. The largest absolute Gasteiger partial charge is 0.315 e. The summed E-state index contributed by atoms with van der Waals surface area (Å²) >= 11 is 0. The topological polar surface area (TPSA) is 86.9 Å². The molecular formula is C9H16N4O2S. The van der Waals surface area contributed by atoms with Crippen LogP contribution in [-0.4, -0.2) is 37.7 Å². The molecule has 0 bridgehead atoms. The maximum Gasteiger partial charge on any atom is 0.244 e. The summed E-state index contributed by atoms with van der Waals surface area (Å²) < 4.78 is 26.9. The minimum Gasteiger partial charge on any atom is -0.315 e. The standard InChI is InChI=1S/C9H16N4O2S/c1-6-9(7(2)12-11-6)16(14,15)13-8-3-4-10-5-8/h8,10,13H,3-5H2,1-2H3,(H,11,12). The minimum atomic E-state index is -3.45. The first-order valence-corrected chi connectivity index (χ1v) is 6.73. The number of H-pyrrole nitrogens is 1. The lowest BCUT2D eigenvalue weighted by Crippen LogP contribution is -2.36. The average molecular weight is 244 g/mol. The van der Waals surface area contributed by atoms with Crippen LogP contribution >= 0.6 is 0 Å². The first kappa shape index (κ1) is 11.6. The van der Waals surface area contributed by atoms with E-state index in [9.17, 15) is 8.42 Å². The van der Waals surface area contributed by atoms with Crippen molar-refractivity contribution in [2.75, 3.05) is 13.1 Å². The number of aryl methyl sites for hydroxylation is 2. The van der Waals surface area contributed by atoms with Crippen molar-refractivity contribution in [1.29, 1.82) is 0 Å². The SMILES string of the molecule is Cc1n[nH]c(C)c1S(=O)(=O)NC1CCNC1. The quantitative estimate of drug-likeness (QED) is 0.679. The summed E-state index contributed by atoms with van der Waals surface area (Å²) in [5.41, 5.74) is 1.09. The van der Waals surface area contributed by atoms with Gasteiger partial charge in [-0.1, -0.05) is 0 Å².